The minimum Gasteiger partial charge on any atom is -0.399 e. The third-order valence-corrected chi connectivity index (χ3v) is 2.78. The van der Waals surface area contributed by atoms with Crippen LogP contribution in [0.3, 0.4) is 0 Å². The third kappa shape index (κ3) is 2.34. The van der Waals surface area contributed by atoms with Crippen LogP contribution in [0.5, 0.6) is 0 Å². The second-order valence-electron chi connectivity index (χ2n) is 4.12. The molecule has 94 valence electrons. The van der Waals surface area contributed by atoms with E-state index in [4.69, 9.17) is 5.73 Å². The molecule has 1 unspecified atom stereocenters. The lowest BCUT2D eigenvalue weighted by Crippen LogP contribution is -2.35. The first kappa shape index (κ1) is 12.2. The summed E-state index contributed by atoms with van der Waals surface area (Å²) >= 11 is 0. The summed E-state index contributed by atoms with van der Waals surface area (Å²) in [6.07, 6.45) is 1.70. The molecule has 2 aromatic rings. The van der Waals surface area contributed by atoms with Gasteiger partial charge in [0.25, 0.3) is 0 Å². The zero-order valence-corrected chi connectivity index (χ0v) is 10.4. The number of hydrogen-bond donors (Lipinski definition) is 3. The minimum atomic E-state index is -0.307. The van der Waals surface area contributed by atoms with E-state index in [1.807, 2.05) is 31.2 Å². The molecule has 0 spiro atoms. The van der Waals surface area contributed by atoms with Crippen LogP contribution in [-0.2, 0) is 4.79 Å². The van der Waals surface area contributed by atoms with Crippen LogP contribution in [0.2, 0.25) is 0 Å². The van der Waals surface area contributed by atoms with E-state index in [1.54, 1.807) is 13.2 Å². The number of nitrogens with zero attached hydrogens (tertiary/aromatic N) is 1. The fourth-order valence-corrected chi connectivity index (χ4v) is 1.81. The molecule has 0 bridgehead atoms. The molecule has 5 nitrogen and oxygen atoms in total. The molecule has 1 aromatic heterocycles. The standard InChI is InChI=1S/C13H16N4O/c1-8(13(18)15-2)17-11-5-6-16-12-7-9(14)3-4-10(11)12/h3-8H,14H2,1-2H3,(H,15,18)(H,16,17). The number of anilines is 2. The van der Waals surface area contributed by atoms with E-state index in [1.165, 1.54) is 0 Å². The van der Waals surface area contributed by atoms with Crippen LogP contribution >= 0.6 is 0 Å². The van der Waals surface area contributed by atoms with Crippen molar-refractivity contribution < 1.29 is 4.79 Å². The van der Waals surface area contributed by atoms with Gasteiger partial charge in [-0.15, -0.1) is 0 Å². The molecule has 4 N–H and O–H groups in total. The van der Waals surface area contributed by atoms with Gasteiger partial charge in [-0.25, -0.2) is 0 Å². The molecule has 0 aliphatic rings. The van der Waals surface area contributed by atoms with Gasteiger partial charge in [-0.05, 0) is 31.2 Å². The summed E-state index contributed by atoms with van der Waals surface area (Å²) in [4.78, 5) is 15.8. The Balaban J connectivity index is 2.36. The zero-order valence-electron chi connectivity index (χ0n) is 10.4. The van der Waals surface area contributed by atoms with E-state index in [9.17, 15) is 4.79 Å². The second kappa shape index (κ2) is 4.91. The van der Waals surface area contributed by atoms with E-state index in [-0.39, 0.29) is 11.9 Å². The summed E-state index contributed by atoms with van der Waals surface area (Å²) in [6, 6.07) is 7.07. The second-order valence-corrected chi connectivity index (χ2v) is 4.12. The van der Waals surface area contributed by atoms with Gasteiger partial charge in [0.1, 0.15) is 6.04 Å². The van der Waals surface area contributed by atoms with Crippen LogP contribution in [-0.4, -0.2) is 24.0 Å². The number of hydrogen-bond acceptors (Lipinski definition) is 4. The highest BCUT2D eigenvalue weighted by atomic mass is 16.2. The van der Waals surface area contributed by atoms with E-state index >= 15 is 0 Å². The van der Waals surface area contributed by atoms with Gasteiger partial charge in [0.2, 0.25) is 5.91 Å². The Morgan fingerprint density at radius 1 is 1.39 bits per heavy atom. The monoisotopic (exact) mass is 244 g/mol. The normalized spacial score (nSPS) is 12.1. The van der Waals surface area contributed by atoms with Crippen molar-refractivity contribution >= 4 is 28.2 Å². The van der Waals surface area contributed by atoms with E-state index in [0.717, 1.165) is 16.6 Å². The summed E-state index contributed by atoms with van der Waals surface area (Å²) < 4.78 is 0. The van der Waals surface area contributed by atoms with Crippen LogP contribution in [0.1, 0.15) is 6.92 Å². The number of nitrogens with two attached hydrogens (primary N) is 1. The van der Waals surface area contributed by atoms with Crippen molar-refractivity contribution in [2.45, 2.75) is 13.0 Å². The number of aromatic nitrogens is 1. The molecule has 18 heavy (non-hydrogen) atoms. The number of fused-ring (bicyclic) bond motifs is 1. The first-order valence-corrected chi connectivity index (χ1v) is 5.74. The number of carbonyl (C=O) groups is 1. The predicted molar refractivity (Wildman–Crippen MR) is 73.3 cm³/mol. The van der Waals surface area contributed by atoms with Gasteiger partial charge in [-0.1, -0.05) is 0 Å². The molecule has 0 aliphatic heterocycles. The number of nitrogens with one attached hydrogen (secondary N) is 2. The van der Waals surface area contributed by atoms with E-state index in [2.05, 4.69) is 15.6 Å². The van der Waals surface area contributed by atoms with Crippen LogP contribution in [0.25, 0.3) is 10.9 Å². The molecule has 1 heterocycles. The third-order valence-electron chi connectivity index (χ3n) is 2.78. The molecule has 0 aliphatic carbocycles. The van der Waals surface area contributed by atoms with Crippen molar-refractivity contribution in [3.8, 4) is 0 Å². The molecular weight excluding hydrogens is 228 g/mol. The average molecular weight is 244 g/mol. The first-order valence-electron chi connectivity index (χ1n) is 5.74. The summed E-state index contributed by atoms with van der Waals surface area (Å²) in [6.45, 7) is 1.81. The molecule has 0 saturated heterocycles. The lowest BCUT2D eigenvalue weighted by atomic mass is 10.1. The van der Waals surface area contributed by atoms with Crippen molar-refractivity contribution in [3.05, 3.63) is 30.5 Å². The van der Waals surface area contributed by atoms with Crippen molar-refractivity contribution in [1.29, 1.82) is 0 Å². The number of likely N-dealkylation sites (N-methyl/N-ethyl adjacent to an activating group) is 1. The van der Waals surface area contributed by atoms with Crippen LogP contribution in [0.4, 0.5) is 11.4 Å². The maximum absolute atomic E-state index is 11.5. The maximum atomic E-state index is 11.5. The highest BCUT2D eigenvalue weighted by Gasteiger charge is 2.11. The summed E-state index contributed by atoms with van der Waals surface area (Å²) in [7, 11) is 1.62. The van der Waals surface area contributed by atoms with Gasteiger partial charge in [-0.2, -0.15) is 0 Å². The number of carbonyl (C=O) groups excluding carboxylic acids is 1. The van der Waals surface area contributed by atoms with Gasteiger partial charge < -0.3 is 16.4 Å². The van der Waals surface area contributed by atoms with Crippen LogP contribution in [0, 0.1) is 0 Å². The number of rotatable bonds is 3. The molecule has 1 amide bonds. The Morgan fingerprint density at radius 2 is 2.17 bits per heavy atom. The van der Waals surface area contributed by atoms with Gasteiger partial charge >= 0.3 is 0 Å². The number of benzene rings is 1. The zero-order chi connectivity index (χ0) is 13.1. The minimum absolute atomic E-state index is 0.0598. The summed E-state index contributed by atoms with van der Waals surface area (Å²) in [5.41, 5.74) is 8.07. The van der Waals surface area contributed by atoms with Crippen molar-refractivity contribution in [1.82, 2.24) is 10.3 Å². The Bertz CT molecular complexity index is 582. The molecule has 0 fully saturated rings. The molecule has 0 saturated carbocycles. The lowest BCUT2D eigenvalue weighted by molar-refractivity contribution is -0.121. The van der Waals surface area contributed by atoms with Gasteiger partial charge in [0.05, 0.1) is 5.52 Å². The molecular formula is C13H16N4O. The van der Waals surface area contributed by atoms with Crippen molar-refractivity contribution in [2.24, 2.45) is 0 Å². The fraction of sp³-hybridized carbons (Fsp3) is 0.231. The number of nitrogen functional groups attached to an aromatic ring is 1. The topological polar surface area (TPSA) is 80.0 Å². The largest absolute Gasteiger partial charge is 0.399 e. The Kier molecular flexibility index (Phi) is 3.32. The summed E-state index contributed by atoms with van der Waals surface area (Å²) in [5, 5.41) is 6.71. The SMILES string of the molecule is CNC(=O)C(C)Nc1ccnc2cc(N)ccc12. The number of pyridine rings is 1. The van der Waals surface area contributed by atoms with Crippen molar-refractivity contribution in [2.75, 3.05) is 18.1 Å². The highest BCUT2D eigenvalue weighted by molar-refractivity contribution is 5.94. The average Bonchev–Trinajstić information content (AvgIpc) is 2.37. The fourth-order valence-electron chi connectivity index (χ4n) is 1.81. The quantitative estimate of drug-likeness (QED) is 0.712. The first-order chi connectivity index (χ1) is 8.61. The Hall–Kier alpha value is -2.30. The Morgan fingerprint density at radius 3 is 2.89 bits per heavy atom. The van der Waals surface area contributed by atoms with Gasteiger partial charge in [0, 0.05) is 30.0 Å². The van der Waals surface area contributed by atoms with Gasteiger partial charge in [-0.3, -0.25) is 9.78 Å². The molecule has 1 aromatic carbocycles. The highest BCUT2D eigenvalue weighted by Crippen LogP contribution is 2.23. The van der Waals surface area contributed by atoms with Crippen LogP contribution < -0.4 is 16.4 Å². The maximum Gasteiger partial charge on any atom is 0.241 e. The molecule has 0 radical (unpaired) electrons. The molecule has 1 atom stereocenters. The molecule has 2 rings (SSSR count). The van der Waals surface area contributed by atoms with Crippen LogP contribution in [0.15, 0.2) is 30.5 Å². The summed E-state index contributed by atoms with van der Waals surface area (Å²) in [5.74, 6) is -0.0598. The number of amides is 1. The van der Waals surface area contributed by atoms with Crippen molar-refractivity contribution in [3.63, 3.8) is 0 Å². The Labute approximate surface area is 105 Å². The lowest BCUT2D eigenvalue weighted by Gasteiger charge is -2.15. The smallest absolute Gasteiger partial charge is 0.241 e. The van der Waals surface area contributed by atoms with E-state index < -0.39 is 0 Å². The molecule has 5 heteroatoms. The predicted octanol–water partition coefficient (Wildman–Crippen LogP) is 1.36. The van der Waals surface area contributed by atoms with Gasteiger partial charge in [0.15, 0.2) is 0 Å². The van der Waals surface area contributed by atoms with E-state index in [0.29, 0.717) is 5.69 Å².